The van der Waals surface area contributed by atoms with Gasteiger partial charge in [-0.1, -0.05) is 12.1 Å². The molecule has 0 saturated carbocycles. The van der Waals surface area contributed by atoms with Crippen LogP contribution in [0, 0.1) is 11.2 Å². The fourth-order valence-electron chi connectivity index (χ4n) is 2.82. The Bertz CT molecular complexity index is 1000. The normalized spacial score (nSPS) is 12.1. The van der Waals surface area contributed by atoms with Gasteiger partial charge >= 0.3 is 0 Å². The van der Waals surface area contributed by atoms with E-state index in [1.807, 2.05) is 0 Å². The van der Waals surface area contributed by atoms with Gasteiger partial charge in [0.25, 0.3) is 11.8 Å². The van der Waals surface area contributed by atoms with Crippen LogP contribution in [0.15, 0.2) is 36.4 Å². The number of hydrogen-bond donors (Lipinski definition) is 4. The summed E-state index contributed by atoms with van der Waals surface area (Å²) in [5.74, 6) is -1.53. The van der Waals surface area contributed by atoms with Crippen molar-refractivity contribution < 1.29 is 28.2 Å². The number of carbonyl (C=O) groups is 2. The highest BCUT2D eigenvalue weighted by atomic mass is 35.5. The van der Waals surface area contributed by atoms with Crippen molar-refractivity contribution in [3.05, 3.63) is 58.9 Å². The molecule has 2 rings (SSSR count). The maximum atomic E-state index is 14.5. The Morgan fingerprint density at radius 1 is 1.18 bits per heavy atom. The Morgan fingerprint density at radius 3 is 2.42 bits per heavy atom. The Balaban J connectivity index is 0.00000544. The molecule has 180 valence electrons. The van der Waals surface area contributed by atoms with Crippen LogP contribution in [0.3, 0.4) is 0 Å². The number of carbonyl (C=O) groups excluding carboxylic acids is 2. The van der Waals surface area contributed by atoms with Crippen molar-refractivity contribution in [3.63, 3.8) is 0 Å². The third-order valence-electron chi connectivity index (χ3n) is 4.60. The summed E-state index contributed by atoms with van der Waals surface area (Å²) in [5.41, 5.74) is 11.7. The Kier molecular flexibility index (Phi) is 10.6. The van der Waals surface area contributed by atoms with E-state index in [-0.39, 0.29) is 42.7 Å². The lowest BCUT2D eigenvalue weighted by molar-refractivity contribution is -0.133. The largest absolute Gasteiger partial charge is 0.497 e. The van der Waals surface area contributed by atoms with Crippen LogP contribution < -0.4 is 26.3 Å². The smallest absolute Gasteiger partial charge is 0.258 e. The fraction of sp³-hybridized carbons (Fsp3) is 0.318. The third kappa shape index (κ3) is 7.33. The van der Waals surface area contributed by atoms with Crippen LogP contribution in [-0.2, 0) is 20.9 Å². The fourth-order valence-corrected chi connectivity index (χ4v) is 2.82. The van der Waals surface area contributed by atoms with E-state index in [9.17, 15) is 14.0 Å². The number of amides is 2. The van der Waals surface area contributed by atoms with Crippen LogP contribution in [0.2, 0.25) is 0 Å². The number of nitrogens with one attached hydrogen (secondary N) is 2. The van der Waals surface area contributed by atoms with Crippen molar-refractivity contribution in [2.24, 2.45) is 11.5 Å². The van der Waals surface area contributed by atoms with E-state index < -0.39 is 29.8 Å². The second kappa shape index (κ2) is 12.6. The predicted octanol–water partition coefficient (Wildman–Crippen LogP) is 2.19. The number of amidine groups is 1. The molecule has 11 heteroatoms. The minimum Gasteiger partial charge on any atom is -0.497 e. The quantitative estimate of drug-likeness (QED) is 0.285. The molecule has 0 saturated heterocycles. The summed E-state index contributed by atoms with van der Waals surface area (Å²) in [6, 6.07) is 8.80. The standard InChI is InChI=1S/C22H27FN4O5.ClH/c1-4-31-19(16-8-7-15(30-3)10-17(16)23)22(29)27-11-14-6-5-13(20(24)25)9-18(14)32-12(2)21(26)28;/h5-10,12,19H,4,11H2,1-3H3,(H3,24,25)(H2,26,28)(H,27,29);1H/t12-,19?;/m1./s1. The molecule has 0 bridgehead atoms. The number of methoxy groups -OCH3 is 1. The SMILES string of the molecule is CCOC(C(=O)NCc1ccc(C(=N)N)cc1O[C@H](C)C(N)=O)c1ccc(OC)cc1F.Cl. The molecule has 0 aromatic heterocycles. The lowest BCUT2D eigenvalue weighted by atomic mass is 10.1. The summed E-state index contributed by atoms with van der Waals surface area (Å²) in [7, 11) is 1.41. The van der Waals surface area contributed by atoms with Crippen molar-refractivity contribution in [2.75, 3.05) is 13.7 Å². The summed E-state index contributed by atoms with van der Waals surface area (Å²) >= 11 is 0. The molecule has 1 unspecified atom stereocenters. The zero-order valence-electron chi connectivity index (χ0n) is 18.5. The highest BCUT2D eigenvalue weighted by Gasteiger charge is 2.25. The van der Waals surface area contributed by atoms with Gasteiger partial charge in [-0.2, -0.15) is 0 Å². The van der Waals surface area contributed by atoms with E-state index in [0.29, 0.717) is 16.9 Å². The molecule has 6 N–H and O–H groups in total. The lowest BCUT2D eigenvalue weighted by Gasteiger charge is -2.20. The Labute approximate surface area is 197 Å². The van der Waals surface area contributed by atoms with Gasteiger partial charge in [0.2, 0.25) is 0 Å². The van der Waals surface area contributed by atoms with Crippen LogP contribution in [-0.4, -0.2) is 37.5 Å². The first-order valence-electron chi connectivity index (χ1n) is 9.83. The molecular weight excluding hydrogens is 455 g/mol. The first-order valence-corrected chi connectivity index (χ1v) is 9.83. The number of primary amides is 1. The molecule has 2 aromatic carbocycles. The van der Waals surface area contributed by atoms with Gasteiger partial charge in [-0.15, -0.1) is 12.4 Å². The van der Waals surface area contributed by atoms with Crippen molar-refractivity contribution >= 4 is 30.1 Å². The Hall–Kier alpha value is -3.37. The first kappa shape index (κ1) is 27.7. The minimum atomic E-state index is -1.18. The van der Waals surface area contributed by atoms with Gasteiger partial charge in [-0.3, -0.25) is 15.0 Å². The van der Waals surface area contributed by atoms with Crippen molar-refractivity contribution in [2.45, 2.75) is 32.6 Å². The van der Waals surface area contributed by atoms with Gasteiger partial charge in [0.1, 0.15) is 23.2 Å². The number of ether oxygens (including phenoxy) is 3. The monoisotopic (exact) mass is 482 g/mol. The van der Waals surface area contributed by atoms with Crippen molar-refractivity contribution in [1.29, 1.82) is 5.41 Å². The molecule has 0 aliphatic rings. The van der Waals surface area contributed by atoms with Gasteiger partial charge in [-0.05, 0) is 32.0 Å². The Morgan fingerprint density at radius 2 is 1.88 bits per heavy atom. The molecule has 2 amide bonds. The molecule has 2 atom stereocenters. The molecule has 0 fully saturated rings. The lowest BCUT2D eigenvalue weighted by Crippen LogP contribution is -2.33. The van der Waals surface area contributed by atoms with Crippen LogP contribution in [0.1, 0.15) is 36.6 Å². The van der Waals surface area contributed by atoms with Crippen LogP contribution in [0.4, 0.5) is 4.39 Å². The number of nitrogen functional groups attached to an aromatic ring is 1. The molecule has 2 aromatic rings. The topological polar surface area (TPSA) is 150 Å². The molecule has 33 heavy (non-hydrogen) atoms. The van der Waals surface area contributed by atoms with Crippen LogP contribution in [0.25, 0.3) is 0 Å². The number of rotatable bonds is 11. The zero-order valence-corrected chi connectivity index (χ0v) is 19.3. The zero-order chi connectivity index (χ0) is 23.8. The predicted molar refractivity (Wildman–Crippen MR) is 123 cm³/mol. The van der Waals surface area contributed by atoms with Gasteiger partial charge in [-0.25, -0.2) is 4.39 Å². The molecular formula is C22H28ClFN4O5. The highest BCUT2D eigenvalue weighted by molar-refractivity contribution is 5.95. The summed E-state index contributed by atoms with van der Waals surface area (Å²) in [5, 5.41) is 10.3. The van der Waals surface area contributed by atoms with Gasteiger partial charge < -0.3 is 31.0 Å². The van der Waals surface area contributed by atoms with Gasteiger partial charge in [0, 0.05) is 35.9 Å². The van der Waals surface area contributed by atoms with Crippen molar-refractivity contribution in [1.82, 2.24) is 5.32 Å². The summed E-state index contributed by atoms with van der Waals surface area (Å²) < 4.78 is 30.6. The molecule has 9 nitrogen and oxygen atoms in total. The number of halogens is 2. The minimum absolute atomic E-state index is 0. The average molecular weight is 483 g/mol. The maximum absolute atomic E-state index is 14.5. The molecule has 0 aliphatic carbocycles. The van der Waals surface area contributed by atoms with Crippen LogP contribution >= 0.6 is 12.4 Å². The third-order valence-corrected chi connectivity index (χ3v) is 4.60. The van der Waals surface area contributed by atoms with Crippen molar-refractivity contribution in [3.8, 4) is 11.5 Å². The molecule has 0 radical (unpaired) electrons. The second-order valence-electron chi connectivity index (χ2n) is 6.84. The van der Waals surface area contributed by atoms with E-state index in [0.717, 1.165) is 0 Å². The van der Waals surface area contributed by atoms with E-state index in [4.69, 9.17) is 31.1 Å². The second-order valence-corrected chi connectivity index (χ2v) is 6.84. The van der Waals surface area contributed by atoms with E-state index in [1.165, 1.54) is 38.3 Å². The van der Waals surface area contributed by atoms with E-state index in [2.05, 4.69) is 5.32 Å². The van der Waals surface area contributed by atoms with Crippen LogP contribution in [0.5, 0.6) is 11.5 Å². The number of hydrogen-bond acceptors (Lipinski definition) is 6. The number of nitrogens with two attached hydrogens (primary N) is 2. The summed E-state index contributed by atoms with van der Waals surface area (Å²) in [6.07, 6.45) is -2.13. The number of benzene rings is 2. The molecule has 0 heterocycles. The molecule has 0 aliphatic heterocycles. The van der Waals surface area contributed by atoms with E-state index >= 15 is 0 Å². The molecule has 0 spiro atoms. The van der Waals surface area contributed by atoms with Gasteiger partial charge in [0.05, 0.1) is 7.11 Å². The maximum Gasteiger partial charge on any atom is 0.258 e. The summed E-state index contributed by atoms with van der Waals surface area (Å²) in [6.45, 7) is 3.34. The highest BCUT2D eigenvalue weighted by Crippen LogP contribution is 2.26. The van der Waals surface area contributed by atoms with Gasteiger partial charge in [0.15, 0.2) is 12.2 Å². The van der Waals surface area contributed by atoms with E-state index in [1.54, 1.807) is 19.1 Å². The first-order chi connectivity index (χ1) is 15.2. The summed E-state index contributed by atoms with van der Waals surface area (Å²) in [4.78, 5) is 24.2. The average Bonchev–Trinajstić information content (AvgIpc) is 2.76.